The molecular formula is C48H82O19. The summed E-state index contributed by atoms with van der Waals surface area (Å²) in [5, 5.41) is 140. The summed E-state index contributed by atoms with van der Waals surface area (Å²) in [5.41, 5.74) is -3.23. The van der Waals surface area contributed by atoms with Crippen LogP contribution in [0.1, 0.15) is 113 Å². The summed E-state index contributed by atoms with van der Waals surface area (Å²) in [5.74, 6) is -0.542. The van der Waals surface area contributed by atoms with Gasteiger partial charge in [-0.3, -0.25) is 0 Å². The smallest absolute Gasteiger partial charge is 0.187 e. The fraction of sp³-hybridized carbons (Fsp3) is 1.00. The molecule has 0 radical (unpaired) electrons. The van der Waals surface area contributed by atoms with Crippen molar-refractivity contribution in [2.75, 3.05) is 13.2 Å². The highest BCUT2D eigenvalue weighted by molar-refractivity contribution is 5.33. The van der Waals surface area contributed by atoms with Gasteiger partial charge < -0.3 is 94.8 Å². The van der Waals surface area contributed by atoms with E-state index in [1.165, 1.54) is 0 Å². The van der Waals surface area contributed by atoms with Crippen molar-refractivity contribution in [2.24, 2.45) is 50.7 Å². The summed E-state index contributed by atoms with van der Waals surface area (Å²) in [6.07, 6.45) is -18.6. The van der Waals surface area contributed by atoms with Gasteiger partial charge in [0, 0.05) is 0 Å². The number of aliphatic hydroxyl groups is 13. The van der Waals surface area contributed by atoms with Gasteiger partial charge in [0.05, 0.1) is 49.3 Å². The summed E-state index contributed by atoms with van der Waals surface area (Å²) >= 11 is 0. The molecule has 0 aromatic carbocycles. The van der Waals surface area contributed by atoms with Crippen LogP contribution in [-0.4, -0.2) is 202 Å². The molecule has 3 aliphatic heterocycles. The van der Waals surface area contributed by atoms with Crippen molar-refractivity contribution < 1.29 is 94.8 Å². The molecule has 388 valence electrons. The van der Waals surface area contributed by atoms with E-state index in [0.717, 1.165) is 25.7 Å². The number of hydrogen-bond acceptors (Lipinski definition) is 19. The van der Waals surface area contributed by atoms with E-state index in [1.54, 1.807) is 20.8 Å². The van der Waals surface area contributed by atoms with Crippen LogP contribution in [0.25, 0.3) is 0 Å². The zero-order chi connectivity index (χ0) is 49.3. The second-order valence-corrected chi connectivity index (χ2v) is 23.9. The van der Waals surface area contributed by atoms with Crippen LogP contribution in [0.3, 0.4) is 0 Å². The van der Waals surface area contributed by atoms with E-state index in [4.69, 9.17) is 28.4 Å². The van der Waals surface area contributed by atoms with Crippen molar-refractivity contribution in [1.29, 1.82) is 0 Å². The van der Waals surface area contributed by atoms with Gasteiger partial charge in [0.15, 0.2) is 18.9 Å². The lowest BCUT2D eigenvalue weighted by atomic mass is 9.41. The molecule has 13 N–H and O–H groups in total. The van der Waals surface area contributed by atoms with Gasteiger partial charge in [-0.25, -0.2) is 0 Å². The number of rotatable bonds is 13. The SMILES string of the molecule is C[C@H](CC[C@H](O)C(C)(C)O[C@@H]1O[C@H](CO)[C@@H](O)[C@H](O)[C@H]1O)[C@H]1[C@@H](O[C@@H]2O[C@H](CO)[C@@H](O)[C@H](O)[C@H]2O)C[C@@]2(C)[C@@H]3C[C@H](O[C@@H]4O[C@@H](C)[C@H](O)[C@@H](O)[C@H]4O)[C@H]4C(C)(C)[C@@H](O)CC[C@@]45C[C@@]35CC[C@]12C. The van der Waals surface area contributed by atoms with Crippen molar-refractivity contribution in [1.82, 2.24) is 0 Å². The van der Waals surface area contributed by atoms with E-state index in [9.17, 15) is 66.4 Å². The average Bonchev–Trinajstić information content (AvgIpc) is 3.87. The summed E-state index contributed by atoms with van der Waals surface area (Å²) in [6, 6.07) is 0. The number of aliphatic hydroxyl groups excluding tert-OH is 13. The van der Waals surface area contributed by atoms with E-state index >= 15 is 0 Å². The molecule has 27 atom stereocenters. The molecule has 0 aromatic heterocycles. The van der Waals surface area contributed by atoms with Crippen molar-refractivity contribution in [3.63, 3.8) is 0 Å². The van der Waals surface area contributed by atoms with Crippen LogP contribution in [0.4, 0.5) is 0 Å². The Hall–Kier alpha value is -0.760. The van der Waals surface area contributed by atoms with Crippen molar-refractivity contribution >= 4 is 0 Å². The van der Waals surface area contributed by atoms with Gasteiger partial charge in [0.1, 0.15) is 67.1 Å². The number of fused-ring (bicyclic) bond motifs is 2. The van der Waals surface area contributed by atoms with Crippen LogP contribution in [0.2, 0.25) is 0 Å². The van der Waals surface area contributed by atoms with Gasteiger partial charge in [-0.05, 0) is 129 Å². The first-order valence-corrected chi connectivity index (χ1v) is 24.8. The van der Waals surface area contributed by atoms with Crippen LogP contribution in [0.5, 0.6) is 0 Å². The third kappa shape index (κ3) is 8.12. The molecule has 0 bridgehead atoms. The van der Waals surface area contributed by atoms with Gasteiger partial charge in [-0.15, -0.1) is 0 Å². The minimum absolute atomic E-state index is 0.00859. The van der Waals surface area contributed by atoms with E-state index in [0.29, 0.717) is 25.7 Å². The van der Waals surface area contributed by atoms with Gasteiger partial charge in [0.2, 0.25) is 0 Å². The lowest BCUT2D eigenvalue weighted by Crippen LogP contribution is -2.64. The maximum Gasteiger partial charge on any atom is 0.187 e. The molecule has 3 heterocycles. The monoisotopic (exact) mass is 963 g/mol. The Morgan fingerprint density at radius 3 is 1.76 bits per heavy atom. The fourth-order valence-corrected chi connectivity index (χ4v) is 15.8. The highest BCUT2D eigenvalue weighted by Gasteiger charge is 2.85. The van der Waals surface area contributed by atoms with Gasteiger partial charge in [0.25, 0.3) is 0 Å². The fourth-order valence-electron chi connectivity index (χ4n) is 15.8. The number of ether oxygens (including phenoxy) is 6. The zero-order valence-corrected chi connectivity index (χ0v) is 40.3. The second kappa shape index (κ2) is 18.3. The Morgan fingerprint density at radius 1 is 0.627 bits per heavy atom. The van der Waals surface area contributed by atoms with Gasteiger partial charge in [-0.2, -0.15) is 0 Å². The summed E-state index contributed by atoms with van der Waals surface area (Å²) in [6.45, 7) is 14.4. The van der Waals surface area contributed by atoms with E-state index in [-0.39, 0.29) is 40.9 Å². The van der Waals surface area contributed by atoms with Gasteiger partial charge in [-0.1, -0.05) is 34.6 Å². The third-order valence-corrected chi connectivity index (χ3v) is 19.9. The molecule has 8 aliphatic rings. The Morgan fingerprint density at radius 2 is 1.16 bits per heavy atom. The first-order chi connectivity index (χ1) is 31.2. The predicted octanol–water partition coefficient (Wildman–Crippen LogP) is -1.22. The summed E-state index contributed by atoms with van der Waals surface area (Å²) in [7, 11) is 0. The highest BCUT2D eigenvalue weighted by Crippen LogP contribution is 2.89. The molecule has 19 nitrogen and oxygen atoms in total. The third-order valence-electron chi connectivity index (χ3n) is 19.9. The Balaban J connectivity index is 1.11. The Bertz CT molecular complexity index is 1740. The molecule has 0 amide bonds. The van der Waals surface area contributed by atoms with Crippen molar-refractivity contribution in [2.45, 2.75) is 235 Å². The van der Waals surface area contributed by atoms with Crippen LogP contribution in [0, 0.1) is 50.7 Å². The van der Waals surface area contributed by atoms with Crippen molar-refractivity contribution in [3.8, 4) is 0 Å². The maximum atomic E-state index is 11.8. The lowest BCUT2D eigenvalue weighted by molar-refractivity contribution is -0.331. The molecule has 5 saturated carbocycles. The largest absolute Gasteiger partial charge is 0.394 e. The van der Waals surface area contributed by atoms with E-state index < -0.39 is 152 Å². The molecule has 8 fully saturated rings. The Kier molecular flexibility index (Phi) is 14.4. The maximum absolute atomic E-state index is 11.8. The first kappa shape index (κ1) is 52.6. The van der Waals surface area contributed by atoms with E-state index in [2.05, 4.69) is 34.6 Å². The minimum Gasteiger partial charge on any atom is -0.394 e. The summed E-state index contributed by atoms with van der Waals surface area (Å²) in [4.78, 5) is 0. The van der Waals surface area contributed by atoms with Crippen LogP contribution in [0.15, 0.2) is 0 Å². The molecule has 2 spiro atoms. The molecular weight excluding hydrogens is 881 g/mol. The molecule has 67 heavy (non-hydrogen) atoms. The lowest BCUT2D eigenvalue weighted by Gasteiger charge is -2.65. The predicted molar refractivity (Wildman–Crippen MR) is 233 cm³/mol. The highest BCUT2D eigenvalue weighted by atomic mass is 16.7. The molecule has 0 aromatic rings. The number of hydrogen-bond donors (Lipinski definition) is 13. The van der Waals surface area contributed by atoms with Crippen LogP contribution in [-0.2, 0) is 28.4 Å². The minimum atomic E-state index is -1.66. The molecule has 5 aliphatic carbocycles. The topological polar surface area (TPSA) is 318 Å². The molecule has 0 unspecified atom stereocenters. The van der Waals surface area contributed by atoms with Crippen molar-refractivity contribution in [3.05, 3.63) is 0 Å². The Labute approximate surface area is 393 Å². The first-order valence-electron chi connectivity index (χ1n) is 24.8. The molecule has 19 heteroatoms. The molecule has 3 saturated heterocycles. The van der Waals surface area contributed by atoms with Crippen LogP contribution < -0.4 is 0 Å². The molecule has 8 rings (SSSR count). The second-order valence-electron chi connectivity index (χ2n) is 23.9. The average molecular weight is 963 g/mol. The van der Waals surface area contributed by atoms with Crippen LogP contribution >= 0.6 is 0 Å². The summed E-state index contributed by atoms with van der Waals surface area (Å²) < 4.78 is 37.5. The van der Waals surface area contributed by atoms with E-state index in [1.807, 2.05) is 0 Å². The zero-order valence-electron chi connectivity index (χ0n) is 40.3. The normalized spacial score (nSPS) is 54.9. The van der Waals surface area contributed by atoms with Gasteiger partial charge >= 0.3 is 0 Å². The quantitative estimate of drug-likeness (QED) is 0.0962. The standard InChI is InChI=1S/C48H82O19/c1-20(9-10-28(52)44(5,6)67-42-38(61)35(58)32(55)25(18-50)66-42)29-23(64-41-37(60)34(57)31(54)24(17-49)65-41)16-46(8)26-15-22(63-40-36(59)33(56)30(53)21(2)62-40)39-43(3,4)27(51)11-12-48(39)19-47(26,48)14-13-45(29,46)7/h20-42,49-61H,9-19H2,1-8H3/t20-,21+,22+,23+,24-,25-,26+,27+,28+,29+,30+,31-,32-,33-,34+,35+,36-,37-,38-,39+,40+,41-,42+,45-,46+,47+,48-/m1/s1.